The van der Waals surface area contributed by atoms with Crippen molar-refractivity contribution in [3.05, 3.63) is 47.9 Å². The smallest absolute Gasteiger partial charge is 0.233 e. The minimum Gasteiger partial charge on any atom is -0.394 e. The number of ether oxygens (including phenoxy) is 3. The minimum absolute atomic E-state index is 0.149. The SMILES string of the molecule is C=CS(=O)(=O)NC[C@@H]1C[C@@H]2O[C@H](CO)[C@@H](OCc3ccccc3)[C@@H]2O1. The predicted octanol–water partition coefficient (Wildman–Crippen LogP) is 0.552. The van der Waals surface area contributed by atoms with E-state index in [1.807, 2.05) is 30.3 Å². The first-order chi connectivity index (χ1) is 12.0. The fourth-order valence-corrected chi connectivity index (χ4v) is 3.75. The lowest BCUT2D eigenvalue weighted by Crippen LogP contribution is -2.38. The van der Waals surface area contributed by atoms with Gasteiger partial charge < -0.3 is 19.3 Å². The van der Waals surface area contributed by atoms with E-state index in [4.69, 9.17) is 14.2 Å². The van der Waals surface area contributed by atoms with Crippen LogP contribution >= 0.6 is 0 Å². The van der Waals surface area contributed by atoms with Crippen molar-refractivity contribution in [1.29, 1.82) is 0 Å². The van der Waals surface area contributed by atoms with Gasteiger partial charge in [-0.15, -0.1) is 0 Å². The van der Waals surface area contributed by atoms with Crippen LogP contribution in [0.1, 0.15) is 12.0 Å². The van der Waals surface area contributed by atoms with E-state index in [0.29, 0.717) is 13.0 Å². The largest absolute Gasteiger partial charge is 0.394 e. The Hall–Kier alpha value is -1.29. The van der Waals surface area contributed by atoms with Crippen molar-refractivity contribution < 1.29 is 27.7 Å². The number of aliphatic hydroxyl groups excluding tert-OH is 1. The van der Waals surface area contributed by atoms with Gasteiger partial charge in [0.2, 0.25) is 10.0 Å². The molecule has 8 heteroatoms. The zero-order valence-electron chi connectivity index (χ0n) is 13.8. The van der Waals surface area contributed by atoms with Crippen molar-refractivity contribution in [3.63, 3.8) is 0 Å². The zero-order chi connectivity index (χ0) is 17.9. The summed E-state index contributed by atoms with van der Waals surface area (Å²) in [4.78, 5) is 0. The summed E-state index contributed by atoms with van der Waals surface area (Å²) in [5.74, 6) is 0. The first kappa shape index (κ1) is 18.5. The van der Waals surface area contributed by atoms with Gasteiger partial charge in [0, 0.05) is 18.4 Å². The molecule has 2 saturated heterocycles. The number of nitrogens with one attached hydrogen (secondary N) is 1. The van der Waals surface area contributed by atoms with Crippen molar-refractivity contribution in [2.24, 2.45) is 0 Å². The molecule has 0 unspecified atom stereocenters. The highest BCUT2D eigenvalue weighted by molar-refractivity contribution is 7.92. The molecular formula is C17H23NO6S. The zero-order valence-corrected chi connectivity index (χ0v) is 14.6. The molecule has 2 aliphatic rings. The van der Waals surface area contributed by atoms with Gasteiger partial charge in [0.1, 0.15) is 18.3 Å². The maximum absolute atomic E-state index is 11.5. The fourth-order valence-electron chi connectivity index (χ4n) is 3.21. The second-order valence-corrected chi connectivity index (χ2v) is 7.89. The summed E-state index contributed by atoms with van der Waals surface area (Å²) < 4.78 is 43.0. The first-order valence-corrected chi connectivity index (χ1v) is 9.76. The maximum atomic E-state index is 11.5. The molecule has 2 N–H and O–H groups in total. The summed E-state index contributed by atoms with van der Waals surface area (Å²) in [7, 11) is -3.48. The molecule has 25 heavy (non-hydrogen) atoms. The molecule has 0 bridgehead atoms. The maximum Gasteiger partial charge on any atom is 0.233 e. The van der Waals surface area contributed by atoms with Crippen molar-refractivity contribution in [1.82, 2.24) is 4.72 Å². The highest BCUT2D eigenvalue weighted by Gasteiger charge is 2.51. The average molecular weight is 369 g/mol. The van der Waals surface area contributed by atoms with E-state index in [2.05, 4.69) is 11.3 Å². The van der Waals surface area contributed by atoms with Crippen LogP contribution < -0.4 is 4.72 Å². The molecule has 5 atom stereocenters. The molecule has 0 saturated carbocycles. The van der Waals surface area contributed by atoms with Crippen LogP contribution in [0.2, 0.25) is 0 Å². The molecule has 0 spiro atoms. The Balaban J connectivity index is 1.58. The van der Waals surface area contributed by atoms with Crippen LogP contribution in [-0.4, -0.2) is 57.2 Å². The topological polar surface area (TPSA) is 94.1 Å². The molecule has 1 aromatic carbocycles. The lowest BCUT2D eigenvalue weighted by atomic mass is 10.1. The lowest BCUT2D eigenvalue weighted by Gasteiger charge is -2.23. The number of aliphatic hydroxyl groups is 1. The summed E-state index contributed by atoms with van der Waals surface area (Å²) in [5, 5.41) is 10.4. The van der Waals surface area contributed by atoms with Crippen molar-refractivity contribution in [3.8, 4) is 0 Å². The van der Waals surface area contributed by atoms with Gasteiger partial charge in [0.15, 0.2) is 0 Å². The molecule has 3 rings (SSSR count). The van der Waals surface area contributed by atoms with Gasteiger partial charge in [-0.2, -0.15) is 0 Å². The number of benzene rings is 1. The lowest BCUT2D eigenvalue weighted by molar-refractivity contribution is -0.0907. The standard InChI is InChI=1S/C17H23NO6S/c1-2-25(20,21)18-9-13-8-14-17(23-13)16(15(10-19)24-14)22-11-12-6-4-3-5-7-12/h2-7,13-19H,1,8-11H2/t13-,14-,15+,16+,17+/m0/s1. The van der Waals surface area contributed by atoms with Gasteiger partial charge in [0.25, 0.3) is 0 Å². The van der Waals surface area contributed by atoms with Crippen LogP contribution in [0.4, 0.5) is 0 Å². The van der Waals surface area contributed by atoms with E-state index in [9.17, 15) is 13.5 Å². The summed E-state index contributed by atoms with van der Waals surface area (Å²) >= 11 is 0. The minimum atomic E-state index is -3.48. The molecule has 138 valence electrons. The highest BCUT2D eigenvalue weighted by atomic mass is 32.2. The van der Waals surface area contributed by atoms with Crippen LogP contribution in [0.3, 0.4) is 0 Å². The van der Waals surface area contributed by atoms with E-state index in [-0.39, 0.29) is 31.5 Å². The Morgan fingerprint density at radius 2 is 2.08 bits per heavy atom. The third kappa shape index (κ3) is 4.46. The molecule has 2 heterocycles. The normalized spacial score (nSPS) is 31.8. The molecule has 1 aromatic rings. The van der Waals surface area contributed by atoms with E-state index in [1.165, 1.54) is 0 Å². The predicted molar refractivity (Wildman–Crippen MR) is 91.2 cm³/mol. The van der Waals surface area contributed by atoms with Crippen LogP contribution in [0.5, 0.6) is 0 Å². The molecule has 0 radical (unpaired) electrons. The molecule has 2 fully saturated rings. The molecule has 0 amide bonds. The van der Waals surface area contributed by atoms with Gasteiger partial charge in [-0.05, 0) is 5.56 Å². The van der Waals surface area contributed by atoms with Gasteiger partial charge >= 0.3 is 0 Å². The summed E-state index contributed by atoms with van der Waals surface area (Å²) in [6.45, 7) is 3.66. The number of fused-ring (bicyclic) bond motifs is 1. The molecule has 7 nitrogen and oxygen atoms in total. The van der Waals surface area contributed by atoms with E-state index < -0.39 is 22.2 Å². The highest BCUT2D eigenvalue weighted by Crippen LogP contribution is 2.36. The Morgan fingerprint density at radius 1 is 1.32 bits per heavy atom. The number of rotatable bonds is 8. The second kappa shape index (κ2) is 7.94. The fraction of sp³-hybridized carbons (Fsp3) is 0.529. The molecular weight excluding hydrogens is 346 g/mol. The Morgan fingerprint density at radius 3 is 2.76 bits per heavy atom. The molecule has 0 aliphatic carbocycles. The Labute approximate surface area is 147 Å². The van der Waals surface area contributed by atoms with Crippen LogP contribution in [0.15, 0.2) is 42.3 Å². The van der Waals surface area contributed by atoms with Crippen molar-refractivity contribution in [2.45, 2.75) is 43.5 Å². The van der Waals surface area contributed by atoms with Crippen molar-refractivity contribution >= 4 is 10.0 Å². The van der Waals surface area contributed by atoms with Gasteiger partial charge in [-0.25, -0.2) is 13.1 Å². The molecule has 2 aliphatic heterocycles. The average Bonchev–Trinajstić information content (AvgIpc) is 3.16. The number of hydrogen-bond donors (Lipinski definition) is 2. The Kier molecular flexibility index (Phi) is 5.88. The summed E-state index contributed by atoms with van der Waals surface area (Å²) in [6, 6.07) is 9.73. The third-order valence-corrected chi connectivity index (χ3v) is 5.46. The first-order valence-electron chi connectivity index (χ1n) is 8.22. The van der Waals surface area contributed by atoms with Crippen LogP contribution in [0.25, 0.3) is 0 Å². The summed E-state index contributed by atoms with van der Waals surface area (Å²) in [6.07, 6.45) is -1.12. The van der Waals surface area contributed by atoms with Gasteiger partial charge in [0.05, 0.1) is 25.4 Å². The summed E-state index contributed by atoms with van der Waals surface area (Å²) in [5.41, 5.74) is 1.02. The van der Waals surface area contributed by atoms with Gasteiger partial charge in [-0.3, -0.25) is 0 Å². The van der Waals surface area contributed by atoms with E-state index in [1.54, 1.807) is 0 Å². The Bertz CT molecular complexity index is 680. The van der Waals surface area contributed by atoms with Crippen molar-refractivity contribution in [2.75, 3.05) is 13.2 Å². The van der Waals surface area contributed by atoms with E-state index in [0.717, 1.165) is 11.0 Å². The monoisotopic (exact) mass is 369 g/mol. The van der Waals surface area contributed by atoms with Gasteiger partial charge in [-0.1, -0.05) is 36.9 Å². The number of hydrogen-bond acceptors (Lipinski definition) is 6. The van der Waals surface area contributed by atoms with Crippen LogP contribution in [0, 0.1) is 0 Å². The second-order valence-electron chi connectivity index (χ2n) is 6.18. The molecule has 0 aromatic heterocycles. The third-order valence-electron chi connectivity index (χ3n) is 4.45. The quantitative estimate of drug-likeness (QED) is 0.695. The number of sulfonamides is 1. The van der Waals surface area contributed by atoms with Crippen LogP contribution in [-0.2, 0) is 30.8 Å². The van der Waals surface area contributed by atoms with E-state index >= 15 is 0 Å².